The van der Waals surface area contributed by atoms with Gasteiger partial charge in [0.15, 0.2) is 0 Å². The molecule has 0 aromatic heterocycles. The third-order valence-corrected chi connectivity index (χ3v) is 0. The van der Waals surface area contributed by atoms with Crippen molar-refractivity contribution in [2.45, 2.75) is 0 Å². The largest absolute Gasteiger partial charge is 1.00 e. The Morgan fingerprint density at radius 3 is 1.00 bits per heavy atom. The summed E-state index contributed by atoms with van der Waals surface area (Å²) in [6, 6.07) is 0. The van der Waals surface area contributed by atoms with Gasteiger partial charge in [0, 0.05) is 0 Å². The summed E-state index contributed by atoms with van der Waals surface area (Å²) < 4.78 is 0. The van der Waals surface area contributed by atoms with Crippen LogP contribution in [0.1, 0.15) is 1.43 Å². The Bertz CT molecular complexity index is 27.2. The molecule has 0 fully saturated rings. The van der Waals surface area contributed by atoms with Gasteiger partial charge in [0.05, 0.1) is 0 Å². The standard InChI is InChI=1S/4ClH.Na.Zr.H/h4*1H;;;/q;;;;+1;+4;-1/p-4. The second-order valence-corrected chi connectivity index (χ2v) is 22.8. The number of hydrogen-bond donors (Lipinski definition) is 0. The Kier molecular flexibility index (Phi) is 9.59. The summed E-state index contributed by atoms with van der Waals surface area (Å²) >= 11 is -3.29. The van der Waals surface area contributed by atoms with Crippen LogP contribution in [0.5, 0.6) is 0 Å². The van der Waals surface area contributed by atoms with E-state index in [1.165, 1.54) is 0 Å². The molecule has 0 aromatic carbocycles. The maximum atomic E-state index is 5.04. The molecule has 0 saturated heterocycles. The first kappa shape index (κ1) is 11.8. The zero-order valence-electron chi connectivity index (χ0n) is 4.01. The van der Waals surface area contributed by atoms with Crippen molar-refractivity contribution >= 4 is 34.1 Å². The van der Waals surface area contributed by atoms with Gasteiger partial charge in [0.1, 0.15) is 0 Å². The van der Waals surface area contributed by atoms with E-state index in [1.54, 1.807) is 0 Å². The second kappa shape index (κ2) is 4.88. The van der Waals surface area contributed by atoms with Crippen molar-refractivity contribution in [2.24, 2.45) is 0 Å². The quantitative estimate of drug-likeness (QED) is 0.530. The molecule has 0 radical (unpaired) electrons. The maximum absolute atomic E-state index is 5.04. The minimum absolute atomic E-state index is 0. The third-order valence-electron chi connectivity index (χ3n) is 0. The Hall–Kier alpha value is 3.04. The maximum Gasteiger partial charge on any atom is 1.00 e. The average Bonchev–Trinajstić information content (AvgIpc) is 0.722. The van der Waals surface area contributed by atoms with Crippen LogP contribution in [-0.2, 0) is 15.5 Å². The molecule has 0 amide bonds. The molecule has 0 bridgehead atoms. The first-order chi connectivity index (χ1) is 2.00. The van der Waals surface area contributed by atoms with E-state index >= 15 is 0 Å². The predicted octanol–water partition coefficient (Wildman–Crippen LogP) is -0.128. The molecular formula is HCl4NaZr. The van der Waals surface area contributed by atoms with Gasteiger partial charge in [-0.05, 0) is 0 Å². The van der Waals surface area contributed by atoms with Crippen LogP contribution in [0.2, 0.25) is 0 Å². The predicted molar refractivity (Wildman–Crippen MR) is 24.5 cm³/mol. The number of halogens is 4. The van der Waals surface area contributed by atoms with Crippen molar-refractivity contribution in [1.29, 1.82) is 0 Å². The van der Waals surface area contributed by atoms with Gasteiger partial charge in [-0.3, -0.25) is 0 Å². The van der Waals surface area contributed by atoms with Gasteiger partial charge in [0.2, 0.25) is 0 Å². The molecule has 0 atom stereocenters. The summed E-state index contributed by atoms with van der Waals surface area (Å²) in [5, 5.41) is 0. The summed E-state index contributed by atoms with van der Waals surface area (Å²) in [4.78, 5) is 0. The minimum Gasteiger partial charge on any atom is -1.00 e. The summed E-state index contributed by atoms with van der Waals surface area (Å²) in [5.41, 5.74) is 0. The summed E-state index contributed by atoms with van der Waals surface area (Å²) in [6.07, 6.45) is 0. The SMILES string of the molecule is [Cl][Zr]([Cl])([Cl])[Cl].[H-].[Na+]. The van der Waals surface area contributed by atoms with E-state index in [1.807, 2.05) is 0 Å². The molecule has 6 heavy (non-hydrogen) atoms. The van der Waals surface area contributed by atoms with E-state index in [4.69, 9.17) is 34.1 Å². The molecular weight excluding hydrogens is 256 g/mol. The Balaban J connectivity index is -0.0000000800. The smallest absolute Gasteiger partial charge is 1.00 e. The van der Waals surface area contributed by atoms with E-state index in [0.29, 0.717) is 0 Å². The Morgan fingerprint density at radius 2 is 1.00 bits per heavy atom. The van der Waals surface area contributed by atoms with Crippen molar-refractivity contribution in [3.63, 3.8) is 0 Å². The normalized spacial score (nSPS) is 10.0. The molecule has 0 aliphatic heterocycles. The molecule has 0 heterocycles. The van der Waals surface area contributed by atoms with Crippen LogP contribution in [0.3, 0.4) is 0 Å². The number of hydrogen-bond acceptors (Lipinski definition) is 0. The van der Waals surface area contributed by atoms with Crippen LogP contribution < -0.4 is 29.6 Å². The summed E-state index contributed by atoms with van der Waals surface area (Å²) in [5.74, 6) is 0. The fraction of sp³-hybridized carbons (Fsp3) is 0. The van der Waals surface area contributed by atoms with Crippen LogP contribution in [-0.4, -0.2) is 0 Å². The fourth-order valence-electron chi connectivity index (χ4n) is 0. The second-order valence-electron chi connectivity index (χ2n) is 0.429. The topological polar surface area (TPSA) is 0 Å². The van der Waals surface area contributed by atoms with Crippen LogP contribution in [0.25, 0.3) is 0 Å². The summed E-state index contributed by atoms with van der Waals surface area (Å²) in [7, 11) is 20.1. The van der Waals surface area contributed by atoms with E-state index in [9.17, 15) is 0 Å². The van der Waals surface area contributed by atoms with Crippen molar-refractivity contribution in [2.75, 3.05) is 0 Å². The van der Waals surface area contributed by atoms with Crippen LogP contribution in [0.4, 0.5) is 0 Å². The fourth-order valence-corrected chi connectivity index (χ4v) is 0. The van der Waals surface area contributed by atoms with Crippen LogP contribution in [0.15, 0.2) is 0 Å². The molecule has 0 rings (SSSR count). The van der Waals surface area contributed by atoms with Gasteiger partial charge in [-0.25, -0.2) is 0 Å². The van der Waals surface area contributed by atoms with Gasteiger partial charge in [-0.2, -0.15) is 0 Å². The van der Waals surface area contributed by atoms with Crippen molar-refractivity contribution in [3.8, 4) is 0 Å². The third kappa shape index (κ3) is 27.8. The van der Waals surface area contributed by atoms with Crippen molar-refractivity contribution in [1.82, 2.24) is 0 Å². The summed E-state index contributed by atoms with van der Waals surface area (Å²) in [6.45, 7) is 0. The molecule has 0 aromatic rings. The zero-order valence-corrected chi connectivity index (χ0v) is 10.5. The Labute approximate surface area is 78.8 Å². The van der Waals surface area contributed by atoms with Crippen molar-refractivity contribution < 1.29 is 46.5 Å². The molecule has 0 aliphatic carbocycles. The Morgan fingerprint density at radius 1 is 1.00 bits per heavy atom. The molecule has 0 saturated carbocycles. The molecule has 0 nitrogen and oxygen atoms in total. The monoisotopic (exact) mass is 254 g/mol. The van der Waals surface area contributed by atoms with Gasteiger partial charge in [-0.15, -0.1) is 0 Å². The minimum atomic E-state index is -3.29. The first-order valence-corrected chi connectivity index (χ1v) is 13.4. The van der Waals surface area contributed by atoms with E-state index in [0.717, 1.165) is 0 Å². The van der Waals surface area contributed by atoms with E-state index in [2.05, 4.69) is 0 Å². The zero-order chi connectivity index (χ0) is 4.50. The molecule has 0 spiro atoms. The van der Waals surface area contributed by atoms with Crippen LogP contribution >= 0.6 is 34.1 Å². The molecule has 6 heteroatoms. The molecule has 0 aliphatic rings. The van der Waals surface area contributed by atoms with Gasteiger partial charge in [-0.1, -0.05) is 0 Å². The van der Waals surface area contributed by atoms with Crippen LogP contribution in [0, 0.1) is 0 Å². The first-order valence-electron chi connectivity index (χ1n) is 0.756. The average molecular weight is 257 g/mol. The molecule has 0 unspecified atom stereocenters. The van der Waals surface area contributed by atoms with Crippen molar-refractivity contribution in [3.05, 3.63) is 0 Å². The van der Waals surface area contributed by atoms with Gasteiger partial charge >= 0.3 is 79.1 Å². The molecule has 0 N–H and O–H groups in total. The van der Waals surface area contributed by atoms with E-state index < -0.39 is 15.5 Å². The number of rotatable bonds is 0. The van der Waals surface area contributed by atoms with E-state index in [-0.39, 0.29) is 31.0 Å². The molecule has 34 valence electrons. The van der Waals surface area contributed by atoms with Gasteiger partial charge < -0.3 is 1.43 Å². The van der Waals surface area contributed by atoms with Gasteiger partial charge in [0.25, 0.3) is 0 Å².